The highest BCUT2D eigenvalue weighted by Gasteiger charge is 2.13. The van der Waals surface area contributed by atoms with Gasteiger partial charge in [0.15, 0.2) is 0 Å². The third-order valence-corrected chi connectivity index (χ3v) is 4.19. The molecular formula is C18H17ClN2O3. The first-order valence-corrected chi connectivity index (χ1v) is 7.96. The van der Waals surface area contributed by atoms with Crippen LogP contribution >= 0.6 is 11.6 Å². The van der Waals surface area contributed by atoms with E-state index >= 15 is 0 Å². The lowest BCUT2D eigenvalue weighted by Gasteiger charge is -2.08. The summed E-state index contributed by atoms with van der Waals surface area (Å²) in [6.07, 6.45) is 0.107. The maximum atomic E-state index is 12.3. The topological polar surface area (TPSA) is 53.2 Å². The highest BCUT2D eigenvalue weighted by Crippen LogP contribution is 2.22. The van der Waals surface area contributed by atoms with E-state index in [0.717, 1.165) is 16.6 Å². The molecule has 5 nitrogen and oxygen atoms in total. The number of hydrogen-bond acceptors (Lipinski definition) is 3. The molecule has 0 aliphatic rings. The predicted octanol–water partition coefficient (Wildman–Crippen LogP) is 3.30. The van der Waals surface area contributed by atoms with E-state index in [1.54, 1.807) is 34.4 Å². The van der Waals surface area contributed by atoms with Gasteiger partial charge in [0, 0.05) is 18.6 Å². The molecule has 0 spiro atoms. The summed E-state index contributed by atoms with van der Waals surface area (Å²) in [7, 11) is 1.72. The van der Waals surface area contributed by atoms with Crippen LogP contribution in [0.4, 0.5) is 0 Å². The molecule has 124 valence electrons. The van der Waals surface area contributed by atoms with Crippen molar-refractivity contribution < 1.29 is 9.53 Å². The van der Waals surface area contributed by atoms with Gasteiger partial charge in [0.2, 0.25) is 0 Å². The minimum atomic E-state index is -0.389. The minimum Gasteiger partial charge on any atom is -0.426 e. The molecule has 0 N–H and O–H groups in total. The van der Waals surface area contributed by atoms with Gasteiger partial charge in [0.1, 0.15) is 5.75 Å². The Hall–Kier alpha value is -2.53. The molecule has 0 radical (unpaired) electrons. The molecule has 24 heavy (non-hydrogen) atoms. The Bertz CT molecular complexity index is 972. The number of nitrogens with zero attached hydrogens (tertiary/aromatic N) is 2. The van der Waals surface area contributed by atoms with Gasteiger partial charge in [0.25, 0.3) is 0 Å². The number of imidazole rings is 1. The second kappa shape index (κ2) is 6.53. The van der Waals surface area contributed by atoms with Crippen molar-refractivity contribution in [3.8, 4) is 5.75 Å². The third-order valence-electron chi connectivity index (χ3n) is 3.95. The van der Waals surface area contributed by atoms with E-state index in [2.05, 4.69) is 0 Å². The van der Waals surface area contributed by atoms with Crippen LogP contribution in [0.1, 0.15) is 12.0 Å². The Balaban J connectivity index is 1.75. The summed E-state index contributed by atoms with van der Waals surface area (Å²) in [6.45, 7) is 2.09. The maximum absolute atomic E-state index is 12.3. The molecule has 6 heteroatoms. The lowest BCUT2D eigenvalue weighted by atomic mass is 10.2. The zero-order valence-electron chi connectivity index (χ0n) is 13.5. The van der Waals surface area contributed by atoms with E-state index in [1.165, 1.54) is 0 Å². The SMILES string of the molecule is Cc1cc(Cl)ccc1OC(=O)CCn1c(=O)n(C)c2ccccc21. The molecule has 0 fully saturated rings. The van der Waals surface area contributed by atoms with Gasteiger partial charge in [-0.15, -0.1) is 0 Å². The van der Waals surface area contributed by atoms with Crippen molar-refractivity contribution in [2.45, 2.75) is 19.9 Å². The van der Waals surface area contributed by atoms with Gasteiger partial charge in [-0.05, 0) is 42.8 Å². The molecule has 3 rings (SSSR count). The molecule has 0 saturated heterocycles. The molecule has 2 aromatic carbocycles. The molecule has 0 aliphatic heterocycles. The Labute approximate surface area is 144 Å². The highest BCUT2D eigenvalue weighted by molar-refractivity contribution is 6.30. The van der Waals surface area contributed by atoms with Crippen LogP contribution in [-0.4, -0.2) is 15.1 Å². The van der Waals surface area contributed by atoms with Gasteiger partial charge in [-0.2, -0.15) is 0 Å². The summed E-state index contributed by atoms with van der Waals surface area (Å²) >= 11 is 5.89. The lowest BCUT2D eigenvalue weighted by molar-refractivity contribution is -0.134. The van der Waals surface area contributed by atoms with Crippen LogP contribution in [0, 0.1) is 6.92 Å². The first-order chi connectivity index (χ1) is 11.5. The number of aromatic nitrogens is 2. The number of carbonyl (C=O) groups is 1. The van der Waals surface area contributed by atoms with Crippen LogP contribution in [-0.2, 0) is 18.4 Å². The quantitative estimate of drug-likeness (QED) is 0.539. The average molecular weight is 345 g/mol. The van der Waals surface area contributed by atoms with E-state index in [4.69, 9.17) is 16.3 Å². The van der Waals surface area contributed by atoms with Crippen LogP contribution in [0.5, 0.6) is 5.75 Å². The zero-order chi connectivity index (χ0) is 17.3. The molecule has 0 aliphatic carbocycles. The van der Waals surface area contributed by atoms with Gasteiger partial charge in [-0.3, -0.25) is 13.9 Å². The Kier molecular flexibility index (Phi) is 4.44. The van der Waals surface area contributed by atoms with Crippen molar-refractivity contribution in [2.24, 2.45) is 7.05 Å². The van der Waals surface area contributed by atoms with Crippen molar-refractivity contribution in [3.63, 3.8) is 0 Å². The summed E-state index contributed by atoms with van der Waals surface area (Å²) in [5.41, 5.74) is 2.29. The van der Waals surface area contributed by atoms with Crippen molar-refractivity contribution in [1.82, 2.24) is 9.13 Å². The molecule has 1 heterocycles. The van der Waals surface area contributed by atoms with E-state index in [-0.39, 0.29) is 24.6 Å². The second-order valence-electron chi connectivity index (χ2n) is 5.62. The first kappa shape index (κ1) is 16.3. The smallest absolute Gasteiger partial charge is 0.328 e. The second-order valence-corrected chi connectivity index (χ2v) is 6.05. The summed E-state index contributed by atoms with van der Waals surface area (Å²) in [5.74, 6) is 0.0925. The molecule has 0 unspecified atom stereocenters. The number of carbonyl (C=O) groups excluding carboxylic acids is 1. The number of para-hydroxylation sites is 2. The number of esters is 1. The molecule has 3 aromatic rings. The predicted molar refractivity (Wildman–Crippen MR) is 93.6 cm³/mol. The monoisotopic (exact) mass is 344 g/mol. The highest BCUT2D eigenvalue weighted by atomic mass is 35.5. The van der Waals surface area contributed by atoms with Gasteiger partial charge in [-0.25, -0.2) is 4.79 Å². The van der Waals surface area contributed by atoms with Gasteiger partial charge >= 0.3 is 11.7 Å². The Morgan fingerprint density at radius 3 is 2.58 bits per heavy atom. The number of rotatable bonds is 4. The van der Waals surface area contributed by atoms with Gasteiger partial charge in [0.05, 0.1) is 17.5 Å². The van der Waals surface area contributed by atoms with Crippen molar-refractivity contribution >= 4 is 28.6 Å². The summed E-state index contributed by atoms with van der Waals surface area (Å²) in [4.78, 5) is 24.4. The molecule has 1 aromatic heterocycles. The third kappa shape index (κ3) is 3.08. The minimum absolute atomic E-state index is 0.107. The number of fused-ring (bicyclic) bond motifs is 1. The number of aryl methyl sites for hydroxylation is 3. The molecule has 0 amide bonds. The number of benzene rings is 2. The van der Waals surface area contributed by atoms with E-state index in [1.807, 2.05) is 31.2 Å². The lowest BCUT2D eigenvalue weighted by Crippen LogP contribution is -2.24. The zero-order valence-corrected chi connectivity index (χ0v) is 14.2. The fourth-order valence-corrected chi connectivity index (χ4v) is 2.91. The summed E-state index contributed by atoms with van der Waals surface area (Å²) < 4.78 is 8.52. The van der Waals surface area contributed by atoms with E-state index in [0.29, 0.717) is 10.8 Å². The van der Waals surface area contributed by atoms with Crippen LogP contribution < -0.4 is 10.4 Å². The van der Waals surface area contributed by atoms with Gasteiger partial charge < -0.3 is 4.74 Å². The van der Waals surface area contributed by atoms with Crippen LogP contribution in [0.3, 0.4) is 0 Å². The average Bonchev–Trinajstić information content (AvgIpc) is 2.80. The first-order valence-electron chi connectivity index (χ1n) is 7.58. The van der Waals surface area contributed by atoms with Crippen molar-refractivity contribution in [1.29, 1.82) is 0 Å². The van der Waals surface area contributed by atoms with Gasteiger partial charge in [-0.1, -0.05) is 23.7 Å². The maximum Gasteiger partial charge on any atom is 0.328 e. The molecule has 0 bridgehead atoms. The molecular weight excluding hydrogens is 328 g/mol. The van der Waals surface area contributed by atoms with Crippen LogP contribution in [0.15, 0.2) is 47.3 Å². The fraction of sp³-hybridized carbons (Fsp3) is 0.222. The van der Waals surface area contributed by atoms with Crippen LogP contribution in [0.25, 0.3) is 11.0 Å². The summed E-state index contributed by atoms with van der Waals surface area (Å²) in [5, 5.41) is 0.592. The van der Waals surface area contributed by atoms with Crippen molar-refractivity contribution in [2.75, 3.05) is 0 Å². The molecule has 0 atom stereocenters. The van der Waals surface area contributed by atoms with E-state index < -0.39 is 0 Å². The normalized spacial score (nSPS) is 11.0. The number of ether oxygens (including phenoxy) is 1. The standard InChI is InChI=1S/C18H17ClN2O3/c1-12-11-13(19)7-8-16(12)24-17(22)9-10-21-15-6-4-3-5-14(15)20(2)18(21)23/h3-8,11H,9-10H2,1-2H3. The van der Waals surface area contributed by atoms with E-state index in [9.17, 15) is 9.59 Å². The number of hydrogen-bond donors (Lipinski definition) is 0. The summed E-state index contributed by atoms with van der Waals surface area (Å²) in [6, 6.07) is 12.6. The largest absolute Gasteiger partial charge is 0.426 e. The van der Waals surface area contributed by atoms with Crippen LogP contribution in [0.2, 0.25) is 5.02 Å². The molecule has 0 saturated carbocycles. The number of halogens is 1. The Morgan fingerprint density at radius 2 is 1.88 bits per heavy atom. The Morgan fingerprint density at radius 1 is 1.17 bits per heavy atom. The fourth-order valence-electron chi connectivity index (χ4n) is 2.68. The van der Waals surface area contributed by atoms with Crippen molar-refractivity contribution in [3.05, 3.63) is 63.5 Å².